The van der Waals surface area contributed by atoms with Crippen molar-refractivity contribution in [1.82, 2.24) is 5.32 Å². The van der Waals surface area contributed by atoms with Crippen LogP contribution in [0, 0.1) is 5.92 Å². The Morgan fingerprint density at radius 1 is 1.41 bits per heavy atom. The topological polar surface area (TPSA) is 21.3 Å². The number of methoxy groups -OCH3 is 1. The first-order valence-corrected chi connectivity index (χ1v) is 6.88. The van der Waals surface area contributed by atoms with E-state index in [0.717, 1.165) is 22.6 Å². The number of hydrogen-bond donors (Lipinski definition) is 1. The van der Waals surface area contributed by atoms with E-state index < -0.39 is 0 Å². The molecule has 0 aromatic heterocycles. The molecule has 17 heavy (non-hydrogen) atoms. The highest BCUT2D eigenvalue weighted by atomic mass is 79.9. The molecule has 0 radical (unpaired) electrons. The summed E-state index contributed by atoms with van der Waals surface area (Å²) in [5.74, 6) is 0.543. The van der Waals surface area contributed by atoms with Crippen LogP contribution in [-0.2, 0) is 11.3 Å². The number of rotatable bonds is 6. The average molecular weight is 321 g/mol. The lowest BCUT2D eigenvalue weighted by molar-refractivity contribution is 0.146. The van der Waals surface area contributed by atoms with Gasteiger partial charge in [0.25, 0.3) is 0 Å². The number of ether oxygens (including phenoxy) is 1. The van der Waals surface area contributed by atoms with Crippen molar-refractivity contribution in [3.8, 4) is 0 Å². The molecular weight excluding hydrogens is 302 g/mol. The van der Waals surface area contributed by atoms with Crippen LogP contribution >= 0.6 is 27.5 Å². The highest BCUT2D eigenvalue weighted by Crippen LogP contribution is 2.21. The normalized spacial score (nSPS) is 13.1. The maximum absolute atomic E-state index is 5.91. The van der Waals surface area contributed by atoms with Gasteiger partial charge in [0.2, 0.25) is 0 Å². The Morgan fingerprint density at radius 2 is 2.12 bits per heavy atom. The molecule has 0 spiro atoms. The third kappa shape index (κ3) is 4.96. The highest BCUT2D eigenvalue weighted by Gasteiger charge is 2.12. The molecule has 1 atom stereocenters. The summed E-state index contributed by atoms with van der Waals surface area (Å²) in [4.78, 5) is 0. The van der Waals surface area contributed by atoms with Crippen LogP contribution in [-0.4, -0.2) is 19.8 Å². The minimum absolute atomic E-state index is 0.363. The SMILES string of the molecule is COCC(NCc1ccc(Cl)cc1Br)C(C)C. The molecule has 4 heteroatoms. The molecule has 96 valence electrons. The molecule has 1 rings (SSSR count). The van der Waals surface area contributed by atoms with Crippen LogP contribution in [0.5, 0.6) is 0 Å². The molecule has 0 bridgehead atoms. The van der Waals surface area contributed by atoms with E-state index in [9.17, 15) is 0 Å². The molecule has 1 aromatic rings. The molecule has 1 aromatic carbocycles. The van der Waals surface area contributed by atoms with E-state index in [1.807, 2.05) is 18.2 Å². The van der Waals surface area contributed by atoms with Gasteiger partial charge in [0, 0.05) is 29.2 Å². The molecule has 0 fully saturated rings. The Kier molecular flexibility index (Phi) is 6.49. The van der Waals surface area contributed by atoms with Gasteiger partial charge in [-0.15, -0.1) is 0 Å². The van der Waals surface area contributed by atoms with Crippen LogP contribution in [0.1, 0.15) is 19.4 Å². The van der Waals surface area contributed by atoms with Crippen molar-refractivity contribution in [1.29, 1.82) is 0 Å². The van der Waals surface area contributed by atoms with Gasteiger partial charge in [0.05, 0.1) is 6.61 Å². The smallest absolute Gasteiger partial charge is 0.0618 e. The first-order valence-electron chi connectivity index (χ1n) is 5.70. The van der Waals surface area contributed by atoms with Crippen LogP contribution < -0.4 is 5.32 Å². The zero-order chi connectivity index (χ0) is 12.8. The molecule has 0 aliphatic rings. The van der Waals surface area contributed by atoms with Crippen molar-refractivity contribution in [3.05, 3.63) is 33.3 Å². The summed E-state index contributed by atoms with van der Waals surface area (Å²) in [6.45, 7) is 5.91. The number of halogens is 2. The van der Waals surface area contributed by atoms with E-state index in [2.05, 4.69) is 35.1 Å². The Hall–Kier alpha value is -0.0900. The predicted octanol–water partition coefficient (Wildman–Crippen LogP) is 3.86. The predicted molar refractivity (Wildman–Crippen MR) is 76.5 cm³/mol. The van der Waals surface area contributed by atoms with Gasteiger partial charge < -0.3 is 10.1 Å². The van der Waals surface area contributed by atoms with E-state index in [1.54, 1.807) is 7.11 Å². The van der Waals surface area contributed by atoms with Crippen molar-refractivity contribution >= 4 is 27.5 Å². The van der Waals surface area contributed by atoms with Crippen molar-refractivity contribution in [2.75, 3.05) is 13.7 Å². The van der Waals surface area contributed by atoms with E-state index in [4.69, 9.17) is 16.3 Å². The van der Waals surface area contributed by atoms with Crippen molar-refractivity contribution < 1.29 is 4.74 Å². The lowest BCUT2D eigenvalue weighted by Crippen LogP contribution is -2.37. The molecule has 0 heterocycles. The minimum Gasteiger partial charge on any atom is -0.383 e. The zero-order valence-corrected chi connectivity index (χ0v) is 12.8. The molecule has 0 aliphatic heterocycles. The standard InChI is InChI=1S/C13H19BrClNO/c1-9(2)13(8-17-3)16-7-10-4-5-11(15)6-12(10)14/h4-6,9,13,16H,7-8H2,1-3H3. The summed E-state index contributed by atoms with van der Waals surface area (Å²) in [5.41, 5.74) is 1.20. The maximum Gasteiger partial charge on any atom is 0.0618 e. The monoisotopic (exact) mass is 319 g/mol. The molecule has 0 aliphatic carbocycles. The maximum atomic E-state index is 5.91. The molecule has 1 unspecified atom stereocenters. The molecule has 0 amide bonds. The van der Waals surface area contributed by atoms with Gasteiger partial charge in [-0.25, -0.2) is 0 Å². The molecule has 2 nitrogen and oxygen atoms in total. The number of hydrogen-bond acceptors (Lipinski definition) is 2. The summed E-state index contributed by atoms with van der Waals surface area (Å²) in [6, 6.07) is 6.22. The second-order valence-corrected chi connectivity index (χ2v) is 5.71. The minimum atomic E-state index is 0.363. The van der Waals surface area contributed by atoms with Crippen LogP contribution in [0.3, 0.4) is 0 Å². The van der Waals surface area contributed by atoms with Crippen LogP contribution in [0.2, 0.25) is 5.02 Å². The summed E-state index contributed by atoms with van der Waals surface area (Å²) in [6.07, 6.45) is 0. The Bertz CT molecular complexity index is 357. The fourth-order valence-corrected chi connectivity index (χ4v) is 2.40. The quantitative estimate of drug-likeness (QED) is 0.859. The summed E-state index contributed by atoms with van der Waals surface area (Å²) < 4.78 is 6.25. The first kappa shape index (κ1) is 15.0. The molecule has 0 saturated carbocycles. The van der Waals surface area contributed by atoms with Gasteiger partial charge in [-0.1, -0.05) is 47.4 Å². The third-order valence-electron chi connectivity index (χ3n) is 2.72. The van der Waals surface area contributed by atoms with Crippen LogP contribution in [0.15, 0.2) is 22.7 Å². The summed E-state index contributed by atoms with van der Waals surface area (Å²) >= 11 is 9.43. The van der Waals surface area contributed by atoms with Gasteiger partial charge in [-0.2, -0.15) is 0 Å². The third-order valence-corrected chi connectivity index (χ3v) is 3.69. The van der Waals surface area contributed by atoms with E-state index in [0.29, 0.717) is 12.0 Å². The van der Waals surface area contributed by atoms with Gasteiger partial charge in [0.15, 0.2) is 0 Å². The fraction of sp³-hybridized carbons (Fsp3) is 0.538. The Labute approximate surface area is 117 Å². The number of nitrogens with one attached hydrogen (secondary N) is 1. The lowest BCUT2D eigenvalue weighted by Gasteiger charge is -2.22. The second-order valence-electron chi connectivity index (χ2n) is 4.42. The van der Waals surface area contributed by atoms with Crippen molar-refractivity contribution in [2.45, 2.75) is 26.4 Å². The van der Waals surface area contributed by atoms with Gasteiger partial charge in [0.1, 0.15) is 0 Å². The van der Waals surface area contributed by atoms with Crippen molar-refractivity contribution in [2.24, 2.45) is 5.92 Å². The first-order chi connectivity index (χ1) is 8.04. The summed E-state index contributed by atoms with van der Waals surface area (Å²) in [5, 5.41) is 4.25. The summed E-state index contributed by atoms with van der Waals surface area (Å²) in [7, 11) is 1.73. The molecule has 1 N–H and O–H groups in total. The lowest BCUT2D eigenvalue weighted by atomic mass is 10.0. The Morgan fingerprint density at radius 3 is 2.65 bits per heavy atom. The van der Waals surface area contributed by atoms with E-state index in [-0.39, 0.29) is 0 Å². The highest BCUT2D eigenvalue weighted by molar-refractivity contribution is 9.10. The van der Waals surface area contributed by atoms with Gasteiger partial charge in [-0.05, 0) is 23.6 Å². The van der Waals surface area contributed by atoms with Crippen LogP contribution in [0.4, 0.5) is 0 Å². The number of benzene rings is 1. The van der Waals surface area contributed by atoms with Gasteiger partial charge >= 0.3 is 0 Å². The average Bonchev–Trinajstić information content (AvgIpc) is 2.25. The molecule has 0 saturated heterocycles. The Balaban J connectivity index is 2.59. The second kappa shape index (κ2) is 7.37. The van der Waals surface area contributed by atoms with E-state index in [1.165, 1.54) is 5.56 Å². The van der Waals surface area contributed by atoms with Crippen molar-refractivity contribution in [3.63, 3.8) is 0 Å². The zero-order valence-electron chi connectivity index (χ0n) is 10.5. The largest absolute Gasteiger partial charge is 0.383 e. The van der Waals surface area contributed by atoms with E-state index >= 15 is 0 Å². The van der Waals surface area contributed by atoms with Gasteiger partial charge in [-0.3, -0.25) is 0 Å². The molecular formula is C13H19BrClNO. The fourth-order valence-electron chi connectivity index (χ4n) is 1.57. The van der Waals surface area contributed by atoms with Crippen LogP contribution in [0.25, 0.3) is 0 Å².